The molecule has 1 saturated carbocycles. The molecule has 1 aliphatic rings. The summed E-state index contributed by atoms with van der Waals surface area (Å²) in [7, 11) is 0. The molecule has 0 bridgehead atoms. The van der Waals surface area contributed by atoms with Gasteiger partial charge in [-0.25, -0.2) is 4.68 Å². The molecule has 0 radical (unpaired) electrons. The SMILES string of the molecule is Cc1ccc(CN(C(=O)Cc2cnn(-c3ccccc3)c2)C2CC2)o1. The largest absolute Gasteiger partial charge is 0.464 e. The summed E-state index contributed by atoms with van der Waals surface area (Å²) in [5.74, 6) is 1.85. The topological polar surface area (TPSA) is 51.3 Å². The Hall–Kier alpha value is -2.82. The standard InChI is InChI=1S/C20H21N3O2/c1-15-7-10-19(25-15)14-22(17-8-9-17)20(24)11-16-12-21-23(13-16)18-5-3-2-4-6-18/h2-7,10,12-13,17H,8-9,11,14H2,1H3. The van der Waals surface area contributed by atoms with Crippen LogP contribution in [0.4, 0.5) is 0 Å². The van der Waals surface area contributed by atoms with Gasteiger partial charge in [0.05, 0.1) is 24.8 Å². The van der Waals surface area contributed by atoms with Crippen LogP contribution in [0.25, 0.3) is 5.69 Å². The van der Waals surface area contributed by atoms with Crippen molar-refractivity contribution in [1.29, 1.82) is 0 Å². The number of nitrogens with zero attached hydrogens (tertiary/aromatic N) is 3. The van der Waals surface area contributed by atoms with Crippen LogP contribution in [-0.4, -0.2) is 26.6 Å². The lowest BCUT2D eigenvalue weighted by Gasteiger charge is -2.21. The van der Waals surface area contributed by atoms with Crippen LogP contribution in [0.1, 0.15) is 29.9 Å². The summed E-state index contributed by atoms with van der Waals surface area (Å²) in [5, 5.41) is 4.37. The van der Waals surface area contributed by atoms with Gasteiger partial charge < -0.3 is 9.32 Å². The summed E-state index contributed by atoms with van der Waals surface area (Å²) in [4.78, 5) is 14.7. The Morgan fingerprint density at radius 2 is 2.04 bits per heavy atom. The molecule has 1 fully saturated rings. The van der Waals surface area contributed by atoms with Crippen molar-refractivity contribution in [2.45, 2.75) is 38.8 Å². The second-order valence-electron chi connectivity index (χ2n) is 6.57. The van der Waals surface area contributed by atoms with Gasteiger partial charge in [0.2, 0.25) is 5.91 Å². The second-order valence-corrected chi connectivity index (χ2v) is 6.57. The first-order chi connectivity index (χ1) is 12.2. The highest BCUT2D eigenvalue weighted by molar-refractivity contribution is 5.79. The van der Waals surface area contributed by atoms with Crippen LogP contribution in [-0.2, 0) is 17.8 Å². The first-order valence-electron chi connectivity index (χ1n) is 8.63. The minimum atomic E-state index is 0.129. The minimum Gasteiger partial charge on any atom is -0.464 e. The van der Waals surface area contributed by atoms with E-state index in [4.69, 9.17) is 4.42 Å². The third-order valence-electron chi connectivity index (χ3n) is 4.44. The summed E-state index contributed by atoms with van der Waals surface area (Å²) >= 11 is 0. The molecule has 1 amide bonds. The van der Waals surface area contributed by atoms with E-state index in [0.717, 1.165) is 35.6 Å². The zero-order valence-electron chi connectivity index (χ0n) is 14.3. The third kappa shape index (κ3) is 3.65. The van der Waals surface area contributed by atoms with Crippen molar-refractivity contribution >= 4 is 5.91 Å². The van der Waals surface area contributed by atoms with Crippen LogP contribution >= 0.6 is 0 Å². The predicted molar refractivity (Wildman–Crippen MR) is 94.3 cm³/mol. The normalized spacial score (nSPS) is 13.8. The first kappa shape index (κ1) is 15.7. The van der Waals surface area contributed by atoms with Crippen molar-refractivity contribution in [3.63, 3.8) is 0 Å². The third-order valence-corrected chi connectivity index (χ3v) is 4.44. The number of aromatic nitrogens is 2. The zero-order chi connectivity index (χ0) is 17.2. The maximum atomic E-state index is 12.8. The molecule has 5 nitrogen and oxygen atoms in total. The Bertz CT molecular complexity index is 862. The fraction of sp³-hybridized carbons (Fsp3) is 0.300. The van der Waals surface area contributed by atoms with Gasteiger partial charge in [0, 0.05) is 12.2 Å². The number of furan rings is 1. The molecule has 1 aliphatic carbocycles. The summed E-state index contributed by atoms with van der Waals surface area (Å²) in [6.45, 7) is 2.47. The Kier molecular flexibility index (Phi) is 4.14. The van der Waals surface area contributed by atoms with Gasteiger partial charge in [0.25, 0.3) is 0 Å². The summed E-state index contributed by atoms with van der Waals surface area (Å²) in [6.07, 6.45) is 6.22. The van der Waals surface area contributed by atoms with Crippen LogP contribution in [0, 0.1) is 6.92 Å². The molecule has 1 aromatic carbocycles. The fourth-order valence-electron chi connectivity index (χ4n) is 2.99. The lowest BCUT2D eigenvalue weighted by Crippen LogP contribution is -2.33. The minimum absolute atomic E-state index is 0.129. The molecule has 0 aliphatic heterocycles. The lowest BCUT2D eigenvalue weighted by atomic mass is 10.2. The number of amides is 1. The highest BCUT2D eigenvalue weighted by Gasteiger charge is 2.33. The highest BCUT2D eigenvalue weighted by atomic mass is 16.3. The van der Waals surface area contributed by atoms with E-state index in [1.807, 2.05) is 60.5 Å². The Labute approximate surface area is 146 Å². The fourth-order valence-corrected chi connectivity index (χ4v) is 2.99. The predicted octanol–water partition coefficient (Wildman–Crippen LogP) is 3.51. The number of carbonyl (C=O) groups is 1. The number of carbonyl (C=O) groups excluding carboxylic acids is 1. The van der Waals surface area contributed by atoms with Crippen molar-refractivity contribution in [2.24, 2.45) is 0 Å². The molecule has 0 N–H and O–H groups in total. The van der Waals surface area contributed by atoms with Gasteiger partial charge in [-0.3, -0.25) is 4.79 Å². The molecule has 0 saturated heterocycles. The van der Waals surface area contributed by atoms with E-state index < -0.39 is 0 Å². The molecule has 5 heteroatoms. The number of aryl methyl sites for hydroxylation is 1. The van der Waals surface area contributed by atoms with Crippen molar-refractivity contribution < 1.29 is 9.21 Å². The van der Waals surface area contributed by atoms with E-state index >= 15 is 0 Å². The number of rotatable bonds is 6. The number of para-hydroxylation sites is 1. The van der Waals surface area contributed by atoms with Crippen molar-refractivity contribution in [2.75, 3.05) is 0 Å². The van der Waals surface area contributed by atoms with E-state index in [1.165, 1.54) is 0 Å². The van der Waals surface area contributed by atoms with Gasteiger partial charge in [-0.05, 0) is 49.6 Å². The molecule has 3 aromatic rings. The Balaban J connectivity index is 1.45. The van der Waals surface area contributed by atoms with Gasteiger partial charge in [-0.1, -0.05) is 18.2 Å². The maximum absolute atomic E-state index is 12.8. The Morgan fingerprint density at radius 1 is 1.24 bits per heavy atom. The summed E-state index contributed by atoms with van der Waals surface area (Å²) in [6, 6.07) is 14.1. The molecular formula is C20H21N3O2. The second kappa shape index (κ2) is 6.59. The molecule has 0 atom stereocenters. The first-order valence-corrected chi connectivity index (χ1v) is 8.63. The average Bonchev–Trinajstić information content (AvgIpc) is 3.21. The Morgan fingerprint density at radius 3 is 2.72 bits per heavy atom. The number of hydrogen-bond donors (Lipinski definition) is 0. The van der Waals surface area contributed by atoms with Crippen molar-refractivity contribution in [1.82, 2.24) is 14.7 Å². The van der Waals surface area contributed by atoms with Gasteiger partial charge in [-0.2, -0.15) is 5.10 Å². The molecule has 0 spiro atoms. The van der Waals surface area contributed by atoms with Crippen LogP contribution < -0.4 is 0 Å². The van der Waals surface area contributed by atoms with Gasteiger partial charge >= 0.3 is 0 Å². The molecular weight excluding hydrogens is 314 g/mol. The van der Waals surface area contributed by atoms with Crippen LogP contribution in [0.15, 0.2) is 59.3 Å². The molecule has 2 aromatic heterocycles. The maximum Gasteiger partial charge on any atom is 0.227 e. The molecule has 128 valence electrons. The van der Waals surface area contributed by atoms with Crippen LogP contribution in [0.5, 0.6) is 0 Å². The van der Waals surface area contributed by atoms with E-state index in [9.17, 15) is 4.79 Å². The summed E-state index contributed by atoms with van der Waals surface area (Å²) < 4.78 is 7.45. The van der Waals surface area contributed by atoms with Gasteiger partial charge in [0.15, 0.2) is 0 Å². The molecule has 4 rings (SSSR count). The van der Waals surface area contributed by atoms with E-state index in [1.54, 1.807) is 10.9 Å². The van der Waals surface area contributed by atoms with Crippen molar-refractivity contribution in [3.05, 3.63) is 71.9 Å². The van der Waals surface area contributed by atoms with Gasteiger partial charge in [0.1, 0.15) is 11.5 Å². The quantitative estimate of drug-likeness (QED) is 0.693. The molecule has 0 unspecified atom stereocenters. The van der Waals surface area contributed by atoms with Crippen LogP contribution in [0.3, 0.4) is 0 Å². The molecule has 25 heavy (non-hydrogen) atoms. The van der Waals surface area contributed by atoms with Crippen molar-refractivity contribution in [3.8, 4) is 5.69 Å². The van der Waals surface area contributed by atoms with Crippen LogP contribution in [0.2, 0.25) is 0 Å². The number of benzene rings is 1. The number of hydrogen-bond acceptors (Lipinski definition) is 3. The van der Waals surface area contributed by atoms with E-state index in [2.05, 4.69) is 5.10 Å². The summed E-state index contributed by atoms with van der Waals surface area (Å²) in [5.41, 5.74) is 1.92. The smallest absolute Gasteiger partial charge is 0.227 e. The monoisotopic (exact) mass is 335 g/mol. The highest BCUT2D eigenvalue weighted by Crippen LogP contribution is 2.29. The molecule has 2 heterocycles. The van der Waals surface area contributed by atoms with E-state index in [0.29, 0.717) is 19.0 Å². The van der Waals surface area contributed by atoms with E-state index in [-0.39, 0.29) is 5.91 Å². The van der Waals surface area contributed by atoms with Gasteiger partial charge in [-0.15, -0.1) is 0 Å². The lowest BCUT2D eigenvalue weighted by molar-refractivity contribution is -0.131. The zero-order valence-corrected chi connectivity index (χ0v) is 14.3. The average molecular weight is 335 g/mol.